The summed E-state index contributed by atoms with van der Waals surface area (Å²) in [5.74, 6) is -0.306. The monoisotopic (exact) mass is 444 g/mol. The number of anilines is 2. The van der Waals surface area contributed by atoms with Gasteiger partial charge in [-0.05, 0) is 56.2 Å². The van der Waals surface area contributed by atoms with Gasteiger partial charge < -0.3 is 14.9 Å². The number of benzene rings is 2. The van der Waals surface area contributed by atoms with Crippen molar-refractivity contribution in [1.82, 2.24) is 9.97 Å². The molecule has 0 unspecified atom stereocenters. The van der Waals surface area contributed by atoms with Crippen molar-refractivity contribution in [3.05, 3.63) is 83.7 Å². The fourth-order valence-electron chi connectivity index (χ4n) is 4.57. The fourth-order valence-corrected chi connectivity index (χ4v) is 4.57. The first kappa shape index (κ1) is 22.8. The van der Waals surface area contributed by atoms with E-state index in [1.54, 1.807) is 0 Å². The van der Waals surface area contributed by atoms with Gasteiger partial charge >= 0.3 is 5.97 Å². The molecule has 1 fully saturated rings. The van der Waals surface area contributed by atoms with E-state index >= 15 is 0 Å². The number of piperidine rings is 1. The molecule has 1 atom stereocenters. The maximum Gasteiger partial charge on any atom is 0.339 e. The van der Waals surface area contributed by atoms with E-state index in [0.717, 1.165) is 44.5 Å². The predicted molar refractivity (Wildman–Crippen MR) is 132 cm³/mol. The molecule has 0 radical (unpaired) electrons. The SMILES string of the molecule is CN(CCCc1nc(N2CCCC[C@@H]2Cc2ccccc2)ncc1C(=O)O)c1ccccc1. The van der Waals surface area contributed by atoms with Crippen molar-refractivity contribution in [2.75, 3.05) is 29.9 Å². The Bertz CT molecular complexity index is 1040. The molecule has 1 aliphatic heterocycles. The van der Waals surface area contributed by atoms with Gasteiger partial charge in [-0.1, -0.05) is 48.5 Å². The summed E-state index contributed by atoms with van der Waals surface area (Å²) in [7, 11) is 2.06. The first-order valence-electron chi connectivity index (χ1n) is 11.8. The lowest BCUT2D eigenvalue weighted by atomic mass is 9.96. The molecule has 0 aliphatic carbocycles. The minimum atomic E-state index is -0.965. The number of carbonyl (C=O) groups is 1. The molecule has 1 saturated heterocycles. The molecule has 4 rings (SSSR count). The van der Waals surface area contributed by atoms with Crippen molar-refractivity contribution in [2.24, 2.45) is 0 Å². The standard InChI is InChI=1S/C27H32N4O2/c1-30(22-13-6-3-7-14-22)17-10-16-25-24(26(32)33)20-28-27(29-25)31-18-9-8-15-23(31)19-21-11-4-2-5-12-21/h2-7,11-14,20,23H,8-10,15-19H2,1H3,(H,32,33)/t23-/m1/s1. The first-order chi connectivity index (χ1) is 16.1. The molecule has 6 nitrogen and oxygen atoms in total. The minimum Gasteiger partial charge on any atom is -0.478 e. The summed E-state index contributed by atoms with van der Waals surface area (Å²) < 4.78 is 0. The van der Waals surface area contributed by atoms with Crippen molar-refractivity contribution in [2.45, 2.75) is 44.6 Å². The first-order valence-corrected chi connectivity index (χ1v) is 11.8. The number of hydrogen-bond donors (Lipinski definition) is 1. The molecule has 6 heteroatoms. The minimum absolute atomic E-state index is 0.206. The second-order valence-corrected chi connectivity index (χ2v) is 8.73. The quantitative estimate of drug-likeness (QED) is 0.509. The van der Waals surface area contributed by atoms with Crippen molar-refractivity contribution in [1.29, 1.82) is 0 Å². The summed E-state index contributed by atoms with van der Waals surface area (Å²) >= 11 is 0. The Balaban J connectivity index is 1.49. The molecule has 2 aromatic carbocycles. The molecular formula is C27H32N4O2. The molecule has 0 amide bonds. The van der Waals surface area contributed by atoms with Gasteiger partial charge in [0.05, 0.1) is 11.3 Å². The molecule has 3 aromatic rings. The van der Waals surface area contributed by atoms with Crippen LogP contribution in [0, 0.1) is 0 Å². The third-order valence-electron chi connectivity index (χ3n) is 6.39. The zero-order valence-electron chi connectivity index (χ0n) is 19.2. The second kappa shape index (κ2) is 10.9. The molecule has 1 aromatic heterocycles. The third kappa shape index (κ3) is 5.89. The van der Waals surface area contributed by atoms with Crippen LogP contribution in [-0.2, 0) is 12.8 Å². The maximum atomic E-state index is 11.8. The Kier molecular flexibility index (Phi) is 7.55. The Morgan fingerprint density at radius 3 is 2.55 bits per heavy atom. The van der Waals surface area contributed by atoms with Crippen LogP contribution in [0.4, 0.5) is 11.6 Å². The molecule has 1 aliphatic rings. The Morgan fingerprint density at radius 1 is 1.09 bits per heavy atom. The number of nitrogens with zero attached hydrogens (tertiary/aromatic N) is 4. The van der Waals surface area contributed by atoms with Gasteiger partial charge in [0, 0.05) is 38.1 Å². The van der Waals surface area contributed by atoms with Gasteiger partial charge in [0.1, 0.15) is 0 Å². The molecular weight excluding hydrogens is 412 g/mol. The van der Waals surface area contributed by atoms with Crippen LogP contribution in [0.15, 0.2) is 66.9 Å². The topological polar surface area (TPSA) is 69.6 Å². The second-order valence-electron chi connectivity index (χ2n) is 8.73. The lowest BCUT2D eigenvalue weighted by molar-refractivity contribution is 0.0694. The molecule has 0 bridgehead atoms. The van der Waals surface area contributed by atoms with Gasteiger partial charge in [0.2, 0.25) is 5.95 Å². The summed E-state index contributed by atoms with van der Waals surface area (Å²) in [6.45, 7) is 1.73. The number of carboxylic acid groups (broad SMARTS) is 1. The van der Waals surface area contributed by atoms with Crippen molar-refractivity contribution in [3.8, 4) is 0 Å². The average Bonchev–Trinajstić information content (AvgIpc) is 2.85. The van der Waals surface area contributed by atoms with E-state index < -0.39 is 5.97 Å². The van der Waals surface area contributed by atoms with Gasteiger partial charge in [-0.3, -0.25) is 0 Å². The maximum absolute atomic E-state index is 11.8. The fraction of sp³-hybridized carbons (Fsp3) is 0.370. The van der Waals surface area contributed by atoms with Crippen LogP contribution >= 0.6 is 0 Å². The number of aromatic nitrogens is 2. The molecule has 0 spiro atoms. The summed E-state index contributed by atoms with van der Waals surface area (Å²) in [5, 5.41) is 9.70. The predicted octanol–water partition coefficient (Wildman–Crippen LogP) is 4.85. The van der Waals surface area contributed by atoms with E-state index in [1.807, 2.05) is 24.3 Å². The Hall–Kier alpha value is -3.41. The highest BCUT2D eigenvalue weighted by Gasteiger charge is 2.26. The van der Waals surface area contributed by atoms with Crippen LogP contribution in [0.2, 0.25) is 0 Å². The van der Waals surface area contributed by atoms with Gasteiger partial charge in [-0.15, -0.1) is 0 Å². The number of para-hydroxylation sites is 1. The molecule has 2 heterocycles. The number of rotatable bonds is 9. The van der Waals surface area contributed by atoms with Gasteiger partial charge in [0.25, 0.3) is 0 Å². The van der Waals surface area contributed by atoms with E-state index in [0.29, 0.717) is 24.1 Å². The van der Waals surface area contributed by atoms with Gasteiger partial charge in [-0.2, -0.15) is 0 Å². The number of carboxylic acids is 1. The van der Waals surface area contributed by atoms with Crippen LogP contribution in [-0.4, -0.2) is 47.2 Å². The molecule has 0 saturated carbocycles. The molecule has 1 N–H and O–H groups in total. The summed E-state index contributed by atoms with van der Waals surface area (Å²) in [5.41, 5.74) is 3.29. The van der Waals surface area contributed by atoms with E-state index in [9.17, 15) is 9.90 Å². The number of aromatic carboxylic acids is 1. The smallest absolute Gasteiger partial charge is 0.339 e. The van der Waals surface area contributed by atoms with E-state index in [4.69, 9.17) is 4.98 Å². The van der Waals surface area contributed by atoms with Crippen LogP contribution in [0.1, 0.15) is 47.3 Å². The molecule has 172 valence electrons. The zero-order valence-corrected chi connectivity index (χ0v) is 19.2. The number of hydrogen-bond acceptors (Lipinski definition) is 5. The van der Waals surface area contributed by atoms with Crippen LogP contribution < -0.4 is 9.80 Å². The zero-order chi connectivity index (χ0) is 23.0. The highest BCUT2D eigenvalue weighted by molar-refractivity contribution is 5.88. The normalized spacial score (nSPS) is 15.9. The average molecular weight is 445 g/mol. The Morgan fingerprint density at radius 2 is 1.82 bits per heavy atom. The summed E-state index contributed by atoms with van der Waals surface area (Å²) in [4.78, 5) is 25.6. The van der Waals surface area contributed by atoms with Gasteiger partial charge in [0.15, 0.2) is 0 Å². The third-order valence-corrected chi connectivity index (χ3v) is 6.39. The summed E-state index contributed by atoms with van der Waals surface area (Å²) in [6, 6.07) is 21.0. The van der Waals surface area contributed by atoms with Crippen molar-refractivity contribution < 1.29 is 9.90 Å². The lowest BCUT2D eigenvalue weighted by Crippen LogP contribution is -2.42. The highest BCUT2D eigenvalue weighted by atomic mass is 16.4. The van der Waals surface area contributed by atoms with Crippen molar-refractivity contribution >= 4 is 17.6 Å². The highest BCUT2D eigenvalue weighted by Crippen LogP contribution is 2.25. The van der Waals surface area contributed by atoms with E-state index in [1.165, 1.54) is 18.2 Å². The van der Waals surface area contributed by atoms with Crippen molar-refractivity contribution in [3.63, 3.8) is 0 Å². The van der Waals surface area contributed by atoms with Gasteiger partial charge in [-0.25, -0.2) is 14.8 Å². The molecule has 33 heavy (non-hydrogen) atoms. The van der Waals surface area contributed by atoms with E-state index in [2.05, 4.69) is 58.2 Å². The lowest BCUT2D eigenvalue weighted by Gasteiger charge is -2.36. The van der Waals surface area contributed by atoms with Crippen LogP contribution in [0.3, 0.4) is 0 Å². The largest absolute Gasteiger partial charge is 0.478 e. The Labute approximate surface area is 195 Å². The van der Waals surface area contributed by atoms with E-state index in [-0.39, 0.29) is 5.56 Å². The number of aryl methyl sites for hydroxylation is 1. The van der Waals surface area contributed by atoms with Crippen LogP contribution in [0.25, 0.3) is 0 Å². The van der Waals surface area contributed by atoms with Crippen LogP contribution in [0.5, 0.6) is 0 Å². The summed E-state index contributed by atoms with van der Waals surface area (Å²) in [6.07, 6.45) is 7.25.